The molecule has 0 aromatic carbocycles. The Morgan fingerprint density at radius 2 is 1.88 bits per heavy atom. The van der Waals surface area contributed by atoms with Gasteiger partial charge in [0.2, 0.25) is 11.8 Å². The van der Waals surface area contributed by atoms with Gasteiger partial charge in [-0.15, -0.1) is 0 Å². The van der Waals surface area contributed by atoms with Crippen molar-refractivity contribution in [3.63, 3.8) is 0 Å². The zero-order valence-corrected chi connectivity index (χ0v) is 19.4. The van der Waals surface area contributed by atoms with Gasteiger partial charge in [-0.2, -0.15) is 13.2 Å². The van der Waals surface area contributed by atoms with E-state index in [1.165, 1.54) is 23.2 Å². The van der Waals surface area contributed by atoms with Crippen molar-refractivity contribution in [3.05, 3.63) is 30.7 Å². The summed E-state index contributed by atoms with van der Waals surface area (Å²) in [6.45, 7) is 4.12. The van der Waals surface area contributed by atoms with Crippen LogP contribution in [0.25, 0.3) is 0 Å². The highest BCUT2D eigenvalue weighted by molar-refractivity contribution is 7.92. The van der Waals surface area contributed by atoms with Crippen molar-refractivity contribution < 1.29 is 32.0 Å². The molecule has 0 saturated carbocycles. The van der Waals surface area contributed by atoms with Crippen molar-refractivity contribution in [2.24, 2.45) is 0 Å². The zero-order chi connectivity index (χ0) is 24.5. The van der Waals surface area contributed by atoms with Crippen LogP contribution >= 0.6 is 0 Å². The van der Waals surface area contributed by atoms with Crippen molar-refractivity contribution in [2.45, 2.75) is 43.0 Å². The molecule has 1 unspecified atom stereocenters. The first kappa shape index (κ1) is 24.3. The summed E-state index contributed by atoms with van der Waals surface area (Å²) in [5.41, 5.74) is 0.539. The summed E-state index contributed by atoms with van der Waals surface area (Å²) in [5.74, 6) is 0.312. The Morgan fingerprint density at radius 3 is 2.47 bits per heavy atom. The van der Waals surface area contributed by atoms with Gasteiger partial charge >= 0.3 is 6.18 Å². The van der Waals surface area contributed by atoms with E-state index >= 15 is 0 Å². The molecule has 0 radical (unpaired) electrons. The van der Waals surface area contributed by atoms with E-state index < -0.39 is 30.1 Å². The maximum atomic E-state index is 12.8. The molecule has 0 spiro atoms. The number of alkyl halides is 3. The highest BCUT2D eigenvalue weighted by Crippen LogP contribution is 2.28. The van der Waals surface area contributed by atoms with Gasteiger partial charge in [0.15, 0.2) is 18.0 Å². The molecule has 4 heterocycles. The molecule has 4 rings (SSSR count). The van der Waals surface area contributed by atoms with E-state index in [2.05, 4.69) is 19.7 Å². The lowest BCUT2D eigenvalue weighted by molar-refractivity contribution is -0.154. The van der Waals surface area contributed by atoms with Crippen molar-refractivity contribution in [1.29, 1.82) is 0 Å². The van der Waals surface area contributed by atoms with Gasteiger partial charge < -0.3 is 23.8 Å². The van der Waals surface area contributed by atoms with E-state index in [9.17, 15) is 22.5 Å². The highest BCUT2D eigenvalue weighted by atomic mass is 32.2. The molecular formula is C21H24F3N5O4S. The summed E-state index contributed by atoms with van der Waals surface area (Å²) < 4.78 is 59.0. The third kappa shape index (κ3) is 5.63. The Morgan fingerprint density at radius 1 is 1.18 bits per heavy atom. The number of ether oxygens (including phenoxy) is 2. The number of hydrogen-bond acceptors (Lipinski definition) is 8. The monoisotopic (exact) mass is 499 g/mol. The fourth-order valence-corrected chi connectivity index (χ4v) is 5.04. The normalized spacial score (nSPS) is 20.0. The molecule has 13 heteroatoms. The Balaban J connectivity index is 1.29. The first-order valence-electron chi connectivity index (χ1n) is 10.7. The minimum atomic E-state index is -4.45. The molecule has 2 atom stereocenters. The number of nitrogens with zero attached hydrogens (tertiary/aromatic N) is 5. The van der Waals surface area contributed by atoms with Gasteiger partial charge in [0.25, 0.3) is 5.91 Å². The maximum Gasteiger partial charge on any atom is 0.422 e. The van der Waals surface area contributed by atoms with Gasteiger partial charge in [-0.3, -0.25) is 4.79 Å². The van der Waals surface area contributed by atoms with Gasteiger partial charge in [-0.25, -0.2) is 15.0 Å². The van der Waals surface area contributed by atoms with Gasteiger partial charge in [0.1, 0.15) is 11.0 Å². The van der Waals surface area contributed by atoms with Gasteiger partial charge in [-0.1, -0.05) is 0 Å². The Labute approximate surface area is 197 Å². The molecular weight excluding hydrogens is 475 g/mol. The van der Waals surface area contributed by atoms with Gasteiger partial charge in [0.05, 0.1) is 37.4 Å². The van der Waals surface area contributed by atoms with Crippen LogP contribution in [0.1, 0.15) is 20.3 Å². The highest BCUT2D eigenvalue weighted by Gasteiger charge is 2.39. The zero-order valence-electron chi connectivity index (χ0n) is 18.6. The number of carbonyl (C=O) groups is 1. The minimum absolute atomic E-state index is 0.112. The number of hydrogen-bond donors (Lipinski definition) is 0. The van der Waals surface area contributed by atoms with E-state index in [1.54, 1.807) is 12.4 Å². The molecule has 2 saturated heterocycles. The van der Waals surface area contributed by atoms with Crippen LogP contribution in [0.5, 0.6) is 11.6 Å². The van der Waals surface area contributed by atoms with E-state index in [0.717, 1.165) is 0 Å². The van der Waals surface area contributed by atoms with E-state index in [-0.39, 0.29) is 28.0 Å². The fraction of sp³-hybridized carbons (Fsp3) is 0.524. The maximum absolute atomic E-state index is 12.8. The van der Waals surface area contributed by atoms with Gasteiger partial charge in [-0.05, 0) is 31.1 Å². The number of rotatable bonds is 8. The van der Waals surface area contributed by atoms with Crippen LogP contribution < -0.4 is 19.3 Å². The molecule has 184 valence electrons. The number of halogens is 3. The van der Waals surface area contributed by atoms with Crippen LogP contribution in [0, 0.1) is 0 Å². The lowest BCUT2D eigenvalue weighted by atomic mass is 10.2. The van der Waals surface area contributed by atoms with E-state index in [4.69, 9.17) is 4.74 Å². The summed E-state index contributed by atoms with van der Waals surface area (Å²) >= 11 is -0.883. The molecule has 34 heavy (non-hydrogen) atoms. The Hall–Kier alpha value is -2.80. The van der Waals surface area contributed by atoms with Crippen LogP contribution in [0.4, 0.5) is 24.8 Å². The van der Waals surface area contributed by atoms with Crippen LogP contribution in [0.3, 0.4) is 0 Å². The minimum Gasteiger partial charge on any atom is -0.616 e. The topological polar surface area (TPSA) is 104 Å². The Kier molecular flexibility index (Phi) is 7.03. The molecule has 2 fully saturated rings. The summed E-state index contributed by atoms with van der Waals surface area (Å²) in [6.07, 6.45) is -0.434. The Bertz CT molecular complexity index is 987. The lowest BCUT2D eigenvalue weighted by Gasteiger charge is -2.40. The molecule has 0 bridgehead atoms. The van der Waals surface area contributed by atoms with Crippen molar-refractivity contribution in [2.75, 3.05) is 36.0 Å². The number of aromatic nitrogens is 3. The molecule has 2 aromatic heterocycles. The fourth-order valence-electron chi connectivity index (χ4n) is 3.61. The number of pyridine rings is 1. The number of anilines is 2. The predicted octanol–water partition coefficient (Wildman–Crippen LogP) is 2.34. The summed E-state index contributed by atoms with van der Waals surface area (Å²) in [7, 11) is 0. The van der Waals surface area contributed by atoms with Crippen LogP contribution in [0.2, 0.25) is 0 Å². The number of carbonyl (C=O) groups excluding carboxylic acids is 1. The average Bonchev–Trinajstić information content (AvgIpc) is 3.12. The largest absolute Gasteiger partial charge is 0.616 e. The SMILES string of the molecule is CC(C)[S+]([O-])C1CN(c2ncc(N3CC[C@@H](Oc4ccc(OCC(F)(F)F)nc4)C3=O)cn2)C1. The molecule has 1 amide bonds. The lowest BCUT2D eigenvalue weighted by Crippen LogP contribution is -2.56. The van der Waals surface area contributed by atoms with Crippen molar-refractivity contribution in [3.8, 4) is 11.6 Å². The molecule has 2 aliphatic heterocycles. The summed E-state index contributed by atoms with van der Waals surface area (Å²) in [6, 6.07) is 2.65. The standard InChI is InChI=1S/C21H24F3N5O4S/c1-13(2)34(31)16-10-28(11-16)20-26-7-14(8-27-20)29-6-5-17(19(29)30)33-15-3-4-18(25-9-15)32-12-21(22,23)24/h3-4,7-9,13,16-17H,5-6,10-12H2,1-2H3/t17-,34?/m1/s1. The quantitative estimate of drug-likeness (QED) is 0.510. The molecule has 2 aromatic rings. The van der Waals surface area contributed by atoms with Crippen molar-refractivity contribution >= 4 is 28.7 Å². The third-order valence-electron chi connectivity index (χ3n) is 5.39. The van der Waals surface area contributed by atoms with Crippen LogP contribution in [0.15, 0.2) is 30.7 Å². The van der Waals surface area contributed by atoms with E-state index in [1.807, 2.05) is 18.7 Å². The first-order chi connectivity index (χ1) is 16.1. The number of amides is 1. The third-order valence-corrected chi connectivity index (χ3v) is 7.27. The molecule has 2 aliphatic rings. The van der Waals surface area contributed by atoms with Crippen molar-refractivity contribution in [1.82, 2.24) is 15.0 Å². The van der Waals surface area contributed by atoms with Crippen LogP contribution in [-0.4, -0.2) is 74.4 Å². The van der Waals surface area contributed by atoms with Crippen LogP contribution in [-0.2, 0) is 16.0 Å². The molecule has 0 aliphatic carbocycles. The first-order valence-corrected chi connectivity index (χ1v) is 12.0. The smallest absolute Gasteiger partial charge is 0.422 e. The second kappa shape index (κ2) is 9.82. The van der Waals surface area contributed by atoms with E-state index in [0.29, 0.717) is 37.7 Å². The summed E-state index contributed by atoms with van der Waals surface area (Å²) in [4.78, 5) is 28.7. The second-order valence-electron chi connectivity index (χ2n) is 8.27. The molecule has 9 nitrogen and oxygen atoms in total. The molecule has 0 N–H and O–H groups in total. The predicted molar refractivity (Wildman–Crippen MR) is 118 cm³/mol. The second-order valence-corrected chi connectivity index (χ2v) is 10.5. The van der Waals surface area contributed by atoms with Gasteiger partial charge in [0, 0.05) is 19.0 Å². The average molecular weight is 500 g/mol. The summed E-state index contributed by atoms with van der Waals surface area (Å²) in [5, 5.41) is 0.226.